The minimum atomic E-state index is -1.69. The molecule has 708 valence electrons. The lowest BCUT2D eigenvalue weighted by molar-refractivity contribution is -0.149. The Morgan fingerprint density at radius 3 is 1.76 bits per heavy atom. The molecule has 3 saturated heterocycles. The van der Waals surface area contributed by atoms with E-state index in [0.29, 0.717) is 69.9 Å². The number of nitrogens with one attached hydrogen (secondary N) is 10. The number of ketones is 4. The van der Waals surface area contributed by atoms with Crippen LogP contribution in [0.1, 0.15) is 173 Å². The van der Waals surface area contributed by atoms with Crippen LogP contribution in [0.4, 0.5) is 0 Å². The lowest BCUT2D eigenvalue weighted by Gasteiger charge is -2.36. The fraction of sp³-hybridized carbons (Fsp3) is 0.543. The number of unbranched alkanes of at least 4 members (excludes halogenated alkanes) is 2. The first-order chi connectivity index (χ1) is 62.5. The third kappa shape index (κ3) is 29.3. The molecule has 6 heterocycles. The molecule has 3 aromatic carbocycles. The summed E-state index contributed by atoms with van der Waals surface area (Å²) in [5.74, 6) is -19.8. The van der Waals surface area contributed by atoms with E-state index in [1.54, 1.807) is 48.8 Å². The summed E-state index contributed by atoms with van der Waals surface area (Å²) in [5, 5.41) is 20.5. The molecule has 0 saturated carbocycles. The second-order valence-electron chi connectivity index (χ2n) is 35.2. The Bertz CT molecular complexity index is 5060. The molecule has 3 fully saturated rings. The van der Waals surface area contributed by atoms with Gasteiger partial charge in [0.1, 0.15) is 42.0 Å². The summed E-state index contributed by atoms with van der Waals surface area (Å²) < 4.78 is 0. The van der Waals surface area contributed by atoms with Crippen LogP contribution >= 0.6 is 11.8 Å². The van der Waals surface area contributed by atoms with Crippen molar-refractivity contribution in [1.82, 2.24) is 81.7 Å². The quantitative estimate of drug-likeness (QED) is 0.0489. The summed E-state index contributed by atoms with van der Waals surface area (Å²) >= 11 is 0.811. The standard InChI is InChI=1S/C94H128N18O18S/c1-10-12-30-74-79(115)43-59-33-34-83(119)98-35-21-25-58(87(123)106-71(41-63-48-100-68-29-20-18-27-66(63)68)92(128)111(9)76(31-13-11-2)94(130)110(74)8)42-78(114)69(40-62-47-99-67-28-19-17-26-65(62)67)103-84(120)51-108(6)90(126)61(37-55(3)4)45-77(113)60(39-64-49-97-54-102-64)44-80(116)75-32-22-36-112(75)93(129)72(46-81(95)117)105-86(122)56(5)109(7)91(127)70(38-57-23-15-14-16-24-57)104-85(121)53-131-52-73(107-88(59)124)89(125)101-50-82(96)118/h14-20,23-24,26-29,47-49,54-56,58-61,69-76,99-100H,10-13,21-22,25,30-46,50-53H2,1-9H3,(H2,95,117)(H2,96,118)(H,97,102)(H,98,119)(H,101,125)(H,103,120)(H,104,121)(H,105,122)(H,106,123)(H,107,124)/t56-,58+,59+,60+,61+,69-,70-,71-,72-,73-,74-,75-,76-/m0/s1. The van der Waals surface area contributed by atoms with Gasteiger partial charge in [-0.25, -0.2) is 4.98 Å². The molecular formula is C94H128N18O18S. The minimum absolute atomic E-state index is 0.00308. The summed E-state index contributed by atoms with van der Waals surface area (Å²) in [6.07, 6.45) is 4.64. The molecule has 9 rings (SSSR count). The van der Waals surface area contributed by atoms with Gasteiger partial charge in [0, 0.05) is 168 Å². The molecule has 0 unspecified atom stereocenters. The molecule has 6 aromatic rings. The van der Waals surface area contributed by atoms with Crippen LogP contribution in [0, 0.1) is 29.6 Å². The van der Waals surface area contributed by atoms with Gasteiger partial charge in [-0.1, -0.05) is 120 Å². The van der Waals surface area contributed by atoms with Gasteiger partial charge in [-0.3, -0.25) is 86.3 Å². The van der Waals surface area contributed by atoms with Crippen molar-refractivity contribution in [1.29, 1.82) is 0 Å². The maximum absolute atomic E-state index is 15.9. The summed E-state index contributed by atoms with van der Waals surface area (Å²) in [7, 11) is 5.52. The van der Waals surface area contributed by atoms with E-state index in [1.807, 2.05) is 70.2 Å². The molecule has 0 spiro atoms. The number of hydrogen-bond acceptors (Lipinski definition) is 20. The van der Waals surface area contributed by atoms with Gasteiger partial charge >= 0.3 is 0 Å². The maximum atomic E-state index is 15.9. The van der Waals surface area contributed by atoms with E-state index in [4.69, 9.17) is 11.5 Å². The number of fused-ring (bicyclic) bond motifs is 11. The van der Waals surface area contributed by atoms with Crippen molar-refractivity contribution in [2.75, 3.05) is 65.9 Å². The van der Waals surface area contributed by atoms with E-state index in [2.05, 4.69) is 57.2 Å². The van der Waals surface area contributed by atoms with Crippen molar-refractivity contribution in [3.8, 4) is 0 Å². The molecule has 3 aromatic heterocycles. The molecule has 37 heteroatoms. The van der Waals surface area contributed by atoms with Crippen LogP contribution in [0.15, 0.2) is 104 Å². The van der Waals surface area contributed by atoms with Crippen molar-refractivity contribution in [3.63, 3.8) is 0 Å². The molecular weight excluding hydrogens is 1700 g/mol. The number of rotatable bonds is 21. The zero-order valence-corrected chi connectivity index (χ0v) is 77.1. The predicted molar refractivity (Wildman–Crippen MR) is 490 cm³/mol. The number of nitrogens with two attached hydrogens (primary N) is 2. The minimum Gasteiger partial charge on any atom is -0.370 e. The van der Waals surface area contributed by atoms with E-state index < -0.39 is 247 Å². The first-order valence-electron chi connectivity index (χ1n) is 45.3. The highest BCUT2D eigenvalue weighted by molar-refractivity contribution is 8.00. The molecule has 0 aliphatic carbocycles. The average molecular weight is 1830 g/mol. The van der Waals surface area contributed by atoms with E-state index >= 15 is 38.4 Å². The lowest BCUT2D eigenvalue weighted by Crippen LogP contribution is -2.58. The fourth-order valence-electron chi connectivity index (χ4n) is 17.4. The van der Waals surface area contributed by atoms with Crippen LogP contribution in [0.5, 0.6) is 0 Å². The third-order valence-corrected chi connectivity index (χ3v) is 25.9. The van der Waals surface area contributed by atoms with Crippen LogP contribution in [0.25, 0.3) is 21.8 Å². The summed E-state index contributed by atoms with van der Waals surface area (Å²) in [5.41, 5.74) is 14.9. The van der Waals surface area contributed by atoms with Gasteiger partial charge < -0.3 is 88.1 Å². The van der Waals surface area contributed by atoms with Crippen molar-refractivity contribution < 1.29 is 86.3 Å². The first kappa shape index (κ1) is 102. The number of imidazole rings is 1. The van der Waals surface area contributed by atoms with Crippen molar-refractivity contribution in [3.05, 3.63) is 126 Å². The van der Waals surface area contributed by atoms with Crippen LogP contribution in [-0.4, -0.2) is 271 Å². The van der Waals surface area contributed by atoms with Crippen molar-refractivity contribution in [2.45, 2.75) is 230 Å². The largest absolute Gasteiger partial charge is 0.370 e. The molecule has 3 aliphatic rings. The number of likely N-dealkylation sites (N-methyl/N-ethyl adjacent to an activating group) is 4. The monoisotopic (exact) mass is 1830 g/mol. The van der Waals surface area contributed by atoms with Gasteiger partial charge in [0.25, 0.3) is 0 Å². The molecule has 14 amide bonds. The number of Topliss-reactive ketones (excluding diaryl/α,β-unsaturated/α-hetero) is 4. The normalized spacial score (nSPS) is 24.6. The van der Waals surface area contributed by atoms with Gasteiger partial charge in [0.05, 0.1) is 49.7 Å². The van der Waals surface area contributed by atoms with Crippen molar-refractivity contribution >= 4 is 139 Å². The highest BCUT2D eigenvalue weighted by Gasteiger charge is 2.44. The fourth-order valence-corrected chi connectivity index (χ4v) is 18.3. The zero-order valence-electron chi connectivity index (χ0n) is 76.3. The number of carbonyl (C=O) groups is 18. The second-order valence-corrected chi connectivity index (χ2v) is 36.3. The molecule has 14 N–H and O–H groups in total. The van der Waals surface area contributed by atoms with Gasteiger partial charge in [0.15, 0.2) is 17.3 Å². The van der Waals surface area contributed by atoms with Crippen LogP contribution in [0.3, 0.4) is 0 Å². The molecule has 13 atom stereocenters. The highest BCUT2D eigenvalue weighted by Crippen LogP contribution is 2.31. The summed E-state index contributed by atoms with van der Waals surface area (Å²) in [6.45, 7) is 7.29. The van der Waals surface area contributed by atoms with Crippen LogP contribution < -0.4 is 48.7 Å². The van der Waals surface area contributed by atoms with Crippen molar-refractivity contribution in [2.24, 2.45) is 41.1 Å². The second kappa shape index (κ2) is 49.5. The van der Waals surface area contributed by atoms with E-state index in [0.717, 1.165) is 21.6 Å². The van der Waals surface area contributed by atoms with E-state index in [-0.39, 0.29) is 96.1 Å². The topological polar surface area (TPSA) is 520 Å². The molecule has 36 nitrogen and oxygen atoms in total. The number of aromatic nitrogens is 4. The summed E-state index contributed by atoms with van der Waals surface area (Å²) in [6, 6.07) is 10.4. The predicted octanol–water partition coefficient (Wildman–Crippen LogP) is 3.66. The molecule has 3 aliphatic heterocycles. The Hall–Kier alpha value is -12.4. The Kier molecular flexibility index (Phi) is 38.7. The first-order valence-corrected chi connectivity index (χ1v) is 46.5. The Morgan fingerprint density at radius 2 is 1.12 bits per heavy atom. The summed E-state index contributed by atoms with van der Waals surface area (Å²) in [4.78, 5) is 286. The van der Waals surface area contributed by atoms with Gasteiger partial charge in [0.2, 0.25) is 82.7 Å². The molecule has 2 bridgehead atoms. The van der Waals surface area contributed by atoms with E-state index in [9.17, 15) is 47.9 Å². The van der Waals surface area contributed by atoms with Crippen LogP contribution in [-0.2, 0) is 112 Å². The number of H-pyrrole nitrogens is 3. The zero-order chi connectivity index (χ0) is 95.3. The smallest absolute Gasteiger partial charge is 0.246 e. The number of para-hydroxylation sites is 2. The Balaban J connectivity index is 1.13. The third-order valence-electron chi connectivity index (χ3n) is 24.9. The number of primary amides is 2. The van der Waals surface area contributed by atoms with Gasteiger partial charge in [-0.15, -0.1) is 11.8 Å². The number of thioether (sulfide) groups is 1. The van der Waals surface area contributed by atoms with Crippen LogP contribution in [0.2, 0.25) is 0 Å². The average Bonchev–Trinajstić information content (AvgIpc) is 1.78. The number of hydrogen-bond donors (Lipinski definition) is 12. The maximum Gasteiger partial charge on any atom is 0.246 e. The number of benzene rings is 3. The molecule has 131 heavy (non-hydrogen) atoms. The Morgan fingerprint density at radius 1 is 0.542 bits per heavy atom. The lowest BCUT2D eigenvalue weighted by atomic mass is 9.83. The number of carbonyl (C=O) groups excluding carboxylic acids is 18. The number of nitrogens with zero attached hydrogens (tertiary/aromatic N) is 6. The number of amides is 14. The van der Waals surface area contributed by atoms with Gasteiger partial charge in [-0.2, -0.15) is 0 Å². The molecule has 0 radical (unpaired) electrons. The van der Waals surface area contributed by atoms with Gasteiger partial charge in [-0.05, 0) is 99.5 Å². The number of aromatic amines is 3. The SMILES string of the molecule is CCCC[C@H]1C(=O)N(C)[C@@H](CCCC)C(=O)C[C@H]2CCC(=O)NCCC[C@H](CC(=O)[C@H](Cc3c[nH]c4ccccc34)NC(=O)CN(C)C(=O)[C@H](CC(C)C)CC(=O)[C@H](Cc3cnc[nH]3)CC(=O)[C@@H]3CCCN3C(=O)[C@H](CC(N)=O)NC(=O)[C@H](C)N(C)C(=O)[C@H](Cc3ccccc3)NC(=O)CSC[C@@H](C(=O)NCC(N)=O)NC2=O)C(=O)N[C@@H](Cc2c[nH]c3ccccc23)C(=O)N1C. The van der Waals surface area contributed by atoms with E-state index in [1.165, 1.54) is 62.3 Å². The Labute approximate surface area is 766 Å². The highest BCUT2D eigenvalue weighted by atomic mass is 32.2.